The maximum absolute atomic E-state index is 12.5. The van der Waals surface area contributed by atoms with Crippen molar-refractivity contribution in [1.82, 2.24) is 0 Å². The Hall–Kier alpha value is -0.260. The number of hydrogen-bond donors (Lipinski definition) is 0. The molecule has 0 saturated heterocycles. The summed E-state index contributed by atoms with van der Waals surface area (Å²) in [6.45, 7) is 0. The van der Waals surface area contributed by atoms with Crippen molar-refractivity contribution in [3.05, 3.63) is 30.1 Å². The van der Waals surface area contributed by atoms with Crippen molar-refractivity contribution in [1.29, 1.82) is 0 Å². The lowest BCUT2D eigenvalue weighted by Crippen LogP contribution is -1.97. The van der Waals surface area contributed by atoms with Crippen LogP contribution in [0.1, 0.15) is 6.42 Å². The first-order valence-corrected chi connectivity index (χ1v) is 7.74. The Kier molecular flexibility index (Phi) is 4.89. The third kappa shape index (κ3) is 6.02. The minimum absolute atomic E-state index is 0.0250. The standard InChI is InChI=1S/C9H10ClFO2S2/c10-15(12,13)7-1-6-14-9-4-2-8(11)3-5-9/h2-5H,1,6-7H2. The van der Waals surface area contributed by atoms with Crippen LogP contribution in [0.15, 0.2) is 29.2 Å². The molecule has 2 nitrogen and oxygen atoms in total. The average molecular weight is 269 g/mol. The Morgan fingerprint density at radius 3 is 2.40 bits per heavy atom. The summed E-state index contributed by atoms with van der Waals surface area (Å²) >= 11 is 1.48. The molecule has 0 fully saturated rings. The summed E-state index contributed by atoms with van der Waals surface area (Å²) in [6.07, 6.45) is 0.494. The maximum Gasteiger partial charge on any atom is 0.232 e. The third-order valence-corrected chi connectivity index (χ3v) is 3.95. The molecule has 0 atom stereocenters. The summed E-state index contributed by atoms with van der Waals surface area (Å²) in [5.41, 5.74) is 0. The summed E-state index contributed by atoms with van der Waals surface area (Å²) in [6, 6.07) is 6.08. The highest BCUT2D eigenvalue weighted by Crippen LogP contribution is 2.19. The molecular formula is C9H10ClFO2S2. The summed E-state index contributed by atoms with van der Waals surface area (Å²) in [5, 5.41) is 0. The Morgan fingerprint density at radius 1 is 1.27 bits per heavy atom. The van der Waals surface area contributed by atoms with Gasteiger partial charge in [0.2, 0.25) is 9.05 Å². The normalized spacial score (nSPS) is 11.6. The van der Waals surface area contributed by atoms with Gasteiger partial charge in [-0.1, -0.05) is 0 Å². The number of rotatable bonds is 5. The predicted molar refractivity (Wildman–Crippen MR) is 61.4 cm³/mol. The van der Waals surface area contributed by atoms with E-state index in [1.165, 1.54) is 23.9 Å². The van der Waals surface area contributed by atoms with E-state index >= 15 is 0 Å². The zero-order chi connectivity index (χ0) is 11.3. The van der Waals surface area contributed by atoms with Crippen LogP contribution in [0, 0.1) is 5.82 Å². The van der Waals surface area contributed by atoms with E-state index in [9.17, 15) is 12.8 Å². The SMILES string of the molecule is O=S(=O)(Cl)CCCSc1ccc(F)cc1. The summed E-state index contributed by atoms with van der Waals surface area (Å²) in [4.78, 5) is 0.920. The van der Waals surface area contributed by atoms with E-state index in [1.54, 1.807) is 12.1 Å². The van der Waals surface area contributed by atoms with Gasteiger partial charge in [0.1, 0.15) is 5.82 Å². The molecule has 6 heteroatoms. The van der Waals surface area contributed by atoms with E-state index in [-0.39, 0.29) is 11.6 Å². The fourth-order valence-electron chi connectivity index (χ4n) is 0.952. The quantitative estimate of drug-likeness (QED) is 0.468. The van der Waals surface area contributed by atoms with Crippen LogP contribution < -0.4 is 0 Å². The minimum Gasteiger partial charge on any atom is -0.212 e. The van der Waals surface area contributed by atoms with Crippen LogP contribution >= 0.6 is 22.4 Å². The van der Waals surface area contributed by atoms with Crippen molar-refractivity contribution in [2.45, 2.75) is 11.3 Å². The van der Waals surface area contributed by atoms with E-state index in [1.807, 2.05) is 0 Å². The lowest BCUT2D eigenvalue weighted by Gasteiger charge is -2.00. The van der Waals surface area contributed by atoms with Gasteiger partial charge in [-0.2, -0.15) is 0 Å². The van der Waals surface area contributed by atoms with Crippen molar-refractivity contribution >= 4 is 31.5 Å². The molecule has 1 aromatic rings. The third-order valence-electron chi connectivity index (χ3n) is 1.61. The minimum atomic E-state index is -3.39. The van der Waals surface area contributed by atoms with E-state index in [0.29, 0.717) is 12.2 Å². The van der Waals surface area contributed by atoms with Crippen molar-refractivity contribution in [3.8, 4) is 0 Å². The molecule has 0 saturated carbocycles. The fraction of sp³-hybridized carbons (Fsp3) is 0.333. The molecule has 0 aliphatic rings. The molecule has 0 aliphatic heterocycles. The molecule has 84 valence electrons. The van der Waals surface area contributed by atoms with E-state index in [2.05, 4.69) is 0 Å². The molecule has 0 amide bonds. The lowest BCUT2D eigenvalue weighted by molar-refractivity contribution is 0.608. The van der Waals surface area contributed by atoms with Gasteiger partial charge >= 0.3 is 0 Å². The Labute approximate surface area is 97.2 Å². The molecule has 0 spiro atoms. The Morgan fingerprint density at radius 2 is 1.87 bits per heavy atom. The molecular weight excluding hydrogens is 259 g/mol. The van der Waals surface area contributed by atoms with Gasteiger partial charge in [-0.05, 0) is 36.4 Å². The molecule has 0 radical (unpaired) electrons. The smallest absolute Gasteiger partial charge is 0.212 e. The van der Waals surface area contributed by atoms with Crippen molar-refractivity contribution in [2.24, 2.45) is 0 Å². The fourth-order valence-corrected chi connectivity index (χ4v) is 2.80. The molecule has 0 N–H and O–H groups in total. The first kappa shape index (κ1) is 12.8. The van der Waals surface area contributed by atoms with Gasteiger partial charge in [0.05, 0.1) is 5.75 Å². The van der Waals surface area contributed by atoms with Crippen LogP contribution in [0.2, 0.25) is 0 Å². The highest BCUT2D eigenvalue weighted by atomic mass is 35.7. The molecule has 0 heterocycles. The van der Waals surface area contributed by atoms with Crippen molar-refractivity contribution in [3.63, 3.8) is 0 Å². The second kappa shape index (κ2) is 5.72. The van der Waals surface area contributed by atoms with Gasteiger partial charge in [0.25, 0.3) is 0 Å². The Balaban J connectivity index is 2.29. The number of hydrogen-bond acceptors (Lipinski definition) is 3. The number of halogens is 2. The number of benzene rings is 1. The van der Waals surface area contributed by atoms with Gasteiger partial charge in [-0.25, -0.2) is 12.8 Å². The highest BCUT2D eigenvalue weighted by molar-refractivity contribution is 8.13. The van der Waals surface area contributed by atoms with Crippen LogP contribution in [0.4, 0.5) is 4.39 Å². The molecule has 0 bridgehead atoms. The molecule has 0 unspecified atom stereocenters. The van der Waals surface area contributed by atoms with Crippen LogP contribution in [-0.2, 0) is 9.05 Å². The van der Waals surface area contributed by atoms with Crippen LogP contribution in [0.3, 0.4) is 0 Å². The van der Waals surface area contributed by atoms with E-state index in [4.69, 9.17) is 10.7 Å². The zero-order valence-corrected chi connectivity index (χ0v) is 10.2. The van der Waals surface area contributed by atoms with Crippen molar-refractivity contribution in [2.75, 3.05) is 11.5 Å². The van der Waals surface area contributed by atoms with Gasteiger partial charge in [-0.15, -0.1) is 11.8 Å². The second-order valence-electron chi connectivity index (χ2n) is 2.90. The van der Waals surface area contributed by atoms with Gasteiger partial charge < -0.3 is 0 Å². The van der Waals surface area contributed by atoms with Gasteiger partial charge in [0.15, 0.2) is 0 Å². The highest BCUT2D eigenvalue weighted by Gasteiger charge is 2.04. The largest absolute Gasteiger partial charge is 0.232 e. The number of thioether (sulfide) groups is 1. The van der Waals surface area contributed by atoms with Crippen LogP contribution in [0.5, 0.6) is 0 Å². The molecule has 1 aromatic carbocycles. The van der Waals surface area contributed by atoms with E-state index < -0.39 is 9.05 Å². The molecule has 1 rings (SSSR count). The summed E-state index contributed by atoms with van der Waals surface area (Å²) in [7, 11) is 1.66. The maximum atomic E-state index is 12.5. The van der Waals surface area contributed by atoms with Crippen LogP contribution in [-0.4, -0.2) is 19.9 Å². The molecule has 0 aliphatic carbocycles. The zero-order valence-electron chi connectivity index (χ0n) is 7.82. The second-order valence-corrected chi connectivity index (χ2v) is 6.96. The average Bonchev–Trinajstić information content (AvgIpc) is 2.14. The summed E-state index contributed by atoms with van der Waals surface area (Å²) in [5.74, 6) is 0.350. The van der Waals surface area contributed by atoms with Crippen molar-refractivity contribution < 1.29 is 12.8 Å². The Bertz CT molecular complexity index is 403. The first-order chi connectivity index (χ1) is 6.97. The first-order valence-electron chi connectivity index (χ1n) is 4.28. The monoisotopic (exact) mass is 268 g/mol. The van der Waals surface area contributed by atoms with Crippen LogP contribution in [0.25, 0.3) is 0 Å². The van der Waals surface area contributed by atoms with Gasteiger partial charge in [0, 0.05) is 15.6 Å². The topological polar surface area (TPSA) is 34.1 Å². The summed E-state index contributed by atoms with van der Waals surface area (Å²) < 4.78 is 33.7. The predicted octanol–water partition coefficient (Wildman–Crippen LogP) is 2.88. The van der Waals surface area contributed by atoms with E-state index in [0.717, 1.165) is 4.90 Å². The lowest BCUT2D eigenvalue weighted by atomic mass is 10.4. The molecule has 0 aromatic heterocycles. The molecule has 15 heavy (non-hydrogen) atoms. The van der Waals surface area contributed by atoms with Gasteiger partial charge in [-0.3, -0.25) is 0 Å².